The number of aryl methyl sites for hydroxylation is 1. The lowest BCUT2D eigenvalue weighted by Crippen LogP contribution is -2.25. The number of rotatable bonds is 0. The minimum absolute atomic E-state index is 0.656. The SMILES string of the molecule is CN1CCCc2cnc(C(F)(F)F)cc21. The van der Waals surface area contributed by atoms with Crippen LogP contribution in [0.2, 0.25) is 0 Å². The van der Waals surface area contributed by atoms with Crippen molar-refractivity contribution >= 4 is 5.69 Å². The normalized spacial score (nSPS) is 16.4. The standard InChI is InChI=1S/C10H11F3N2/c1-15-4-2-3-7-6-14-9(5-8(7)15)10(11,12)13/h5-6H,2-4H2,1H3. The van der Waals surface area contributed by atoms with Gasteiger partial charge in [0, 0.05) is 25.5 Å². The first-order valence-corrected chi connectivity index (χ1v) is 4.76. The highest BCUT2D eigenvalue weighted by molar-refractivity contribution is 5.55. The van der Waals surface area contributed by atoms with Crippen molar-refractivity contribution in [1.82, 2.24) is 4.98 Å². The van der Waals surface area contributed by atoms with Crippen molar-refractivity contribution in [3.63, 3.8) is 0 Å². The van der Waals surface area contributed by atoms with Gasteiger partial charge in [0.05, 0.1) is 0 Å². The van der Waals surface area contributed by atoms with E-state index in [0.29, 0.717) is 5.69 Å². The zero-order chi connectivity index (χ0) is 11.1. The summed E-state index contributed by atoms with van der Waals surface area (Å²) in [5.41, 5.74) is 0.746. The van der Waals surface area contributed by atoms with Crippen LogP contribution in [0.1, 0.15) is 17.7 Å². The van der Waals surface area contributed by atoms with E-state index in [1.807, 2.05) is 4.90 Å². The molecule has 5 heteroatoms. The molecule has 0 amide bonds. The maximum absolute atomic E-state index is 12.4. The number of fused-ring (bicyclic) bond motifs is 1. The molecule has 0 atom stereocenters. The van der Waals surface area contributed by atoms with Crippen LogP contribution >= 0.6 is 0 Å². The molecule has 0 unspecified atom stereocenters. The summed E-state index contributed by atoms with van der Waals surface area (Å²) in [5.74, 6) is 0. The van der Waals surface area contributed by atoms with Crippen LogP contribution in [-0.4, -0.2) is 18.6 Å². The third kappa shape index (κ3) is 1.91. The summed E-state index contributed by atoms with van der Waals surface area (Å²) in [6.45, 7) is 0.800. The number of nitrogens with zero attached hydrogens (tertiary/aromatic N) is 2. The fourth-order valence-corrected chi connectivity index (χ4v) is 1.80. The molecule has 0 bridgehead atoms. The Hall–Kier alpha value is -1.26. The molecule has 1 aromatic heterocycles. The van der Waals surface area contributed by atoms with Gasteiger partial charge in [0.25, 0.3) is 0 Å². The first kappa shape index (κ1) is 10.3. The van der Waals surface area contributed by atoms with E-state index in [4.69, 9.17) is 0 Å². The summed E-state index contributed by atoms with van der Waals surface area (Å²) < 4.78 is 37.2. The molecule has 1 aromatic rings. The predicted molar refractivity (Wildman–Crippen MR) is 50.8 cm³/mol. The Labute approximate surface area is 85.7 Å². The Morgan fingerprint density at radius 1 is 1.40 bits per heavy atom. The van der Waals surface area contributed by atoms with Gasteiger partial charge in [0.2, 0.25) is 0 Å². The summed E-state index contributed by atoms with van der Waals surface area (Å²) in [7, 11) is 1.80. The average Bonchev–Trinajstić information content (AvgIpc) is 2.16. The molecule has 1 aliphatic rings. The summed E-state index contributed by atoms with van der Waals surface area (Å²) >= 11 is 0. The summed E-state index contributed by atoms with van der Waals surface area (Å²) in [6, 6.07) is 1.13. The third-order valence-electron chi connectivity index (χ3n) is 2.60. The van der Waals surface area contributed by atoms with Crippen molar-refractivity contribution in [2.24, 2.45) is 0 Å². The van der Waals surface area contributed by atoms with Crippen LogP contribution in [0.25, 0.3) is 0 Å². The predicted octanol–water partition coefficient (Wildman–Crippen LogP) is 2.48. The Morgan fingerprint density at radius 2 is 2.13 bits per heavy atom. The van der Waals surface area contributed by atoms with E-state index in [1.54, 1.807) is 7.05 Å². The lowest BCUT2D eigenvalue weighted by molar-refractivity contribution is -0.141. The van der Waals surface area contributed by atoms with Crippen molar-refractivity contribution in [2.45, 2.75) is 19.0 Å². The van der Waals surface area contributed by atoms with Gasteiger partial charge in [-0.2, -0.15) is 13.2 Å². The van der Waals surface area contributed by atoms with Crippen LogP contribution in [0, 0.1) is 0 Å². The zero-order valence-corrected chi connectivity index (χ0v) is 8.30. The molecule has 0 N–H and O–H groups in total. The van der Waals surface area contributed by atoms with E-state index in [2.05, 4.69) is 4.98 Å². The van der Waals surface area contributed by atoms with Gasteiger partial charge < -0.3 is 4.90 Å². The van der Waals surface area contributed by atoms with Crippen LogP contribution < -0.4 is 4.90 Å². The molecule has 1 aliphatic heterocycles. The van der Waals surface area contributed by atoms with Gasteiger partial charge in [-0.25, -0.2) is 0 Å². The van der Waals surface area contributed by atoms with Crippen molar-refractivity contribution < 1.29 is 13.2 Å². The molecule has 0 aromatic carbocycles. The molecule has 2 heterocycles. The maximum Gasteiger partial charge on any atom is 0.433 e. The van der Waals surface area contributed by atoms with E-state index in [9.17, 15) is 13.2 Å². The second-order valence-electron chi connectivity index (χ2n) is 3.72. The van der Waals surface area contributed by atoms with E-state index in [-0.39, 0.29) is 0 Å². The monoisotopic (exact) mass is 216 g/mol. The third-order valence-corrected chi connectivity index (χ3v) is 2.60. The van der Waals surface area contributed by atoms with Crippen LogP contribution in [0.3, 0.4) is 0 Å². The molecule has 82 valence electrons. The average molecular weight is 216 g/mol. The molecular weight excluding hydrogens is 205 g/mol. The number of pyridine rings is 1. The van der Waals surface area contributed by atoms with Crippen LogP contribution in [0.15, 0.2) is 12.3 Å². The maximum atomic E-state index is 12.4. The van der Waals surface area contributed by atoms with E-state index in [1.165, 1.54) is 6.20 Å². The molecule has 2 rings (SSSR count). The van der Waals surface area contributed by atoms with Crippen molar-refractivity contribution in [3.8, 4) is 0 Å². The van der Waals surface area contributed by atoms with Gasteiger partial charge in [-0.15, -0.1) is 0 Å². The summed E-state index contributed by atoms with van der Waals surface area (Å²) in [5, 5.41) is 0. The van der Waals surface area contributed by atoms with Gasteiger partial charge in [-0.05, 0) is 24.5 Å². The number of alkyl halides is 3. The van der Waals surface area contributed by atoms with Gasteiger partial charge in [-0.3, -0.25) is 4.98 Å². The molecule has 15 heavy (non-hydrogen) atoms. The largest absolute Gasteiger partial charge is 0.433 e. The number of hydrogen-bond donors (Lipinski definition) is 0. The van der Waals surface area contributed by atoms with Gasteiger partial charge in [-0.1, -0.05) is 0 Å². The molecule has 0 saturated carbocycles. The summed E-state index contributed by atoms with van der Waals surface area (Å²) in [4.78, 5) is 5.29. The van der Waals surface area contributed by atoms with Gasteiger partial charge >= 0.3 is 6.18 Å². The second-order valence-corrected chi connectivity index (χ2v) is 3.72. The highest BCUT2D eigenvalue weighted by atomic mass is 19.4. The first-order chi connectivity index (χ1) is 6.98. The minimum atomic E-state index is -4.35. The van der Waals surface area contributed by atoms with E-state index < -0.39 is 11.9 Å². The first-order valence-electron chi connectivity index (χ1n) is 4.76. The highest BCUT2D eigenvalue weighted by Crippen LogP contribution is 2.33. The molecule has 2 nitrogen and oxygen atoms in total. The van der Waals surface area contributed by atoms with Crippen LogP contribution in [-0.2, 0) is 12.6 Å². The number of aromatic nitrogens is 1. The number of halogens is 3. The minimum Gasteiger partial charge on any atom is -0.374 e. The molecule has 0 spiro atoms. The highest BCUT2D eigenvalue weighted by Gasteiger charge is 2.33. The summed E-state index contributed by atoms with van der Waals surface area (Å²) in [6.07, 6.45) is -1.23. The van der Waals surface area contributed by atoms with Crippen molar-refractivity contribution in [2.75, 3.05) is 18.5 Å². The fraction of sp³-hybridized carbons (Fsp3) is 0.500. The van der Waals surface area contributed by atoms with Crippen LogP contribution in [0.5, 0.6) is 0 Å². The smallest absolute Gasteiger partial charge is 0.374 e. The van der Waals surface area contributed by atoms with E-state index >= 15 is 0 Å². The topological polar surface area (TPSA) is 16.1 Å². The number of anilines is 1. The quantitative estimate of drug-likeness (QED) is 0.662. The zero-order valence-electron chi connectivity index (χ0n) is 8.30. The van der Waals surface area contributed by atoms with Gasteiger partial charge in [0.1, 0.15) is 5.69 Å². The Bertz CT molecular complexity index is 373. The molecular formula is C10H11F3N2. The van der Waals surface area contributed by atoms with Crippen LogP contribution in [0.4, 0.5) is 18.9 Å². The Morgan fingerprint density at radius 3 is 2.80 bits per heavy atom. The van der Waals surface area contributed by atoms with Gasteiger partial charge in [0.15, 0.2) is 0 Å². The lowest BCUT2D eigenvalue weighted by atomic mass is 10.0. The molecule has 0 aliphatic carbocycles. The molecule has 0 fully saturated rings. The Kier molecular flexibility index (Phi) is 2.32. The van der Waals surface area contributed by atoms with E-state index in [0.717, 1.165) is 31.0 Å². The number of hydrogen-bond acceptors (Lipinski definition) is 2. The molecule has 0 radical (unpaired) electrons. The Balaban J connectivity index is 2.44. The van der Waals surface area contributed by atoms with Crippen molar-refractivity contribution in [3.05, 3.63) is 23.5 Å². The molecule has 0 saturated heterocycles. The van der Waals surface area contributed by atoms with Crippen molar-refractivity contribution in [1.29, 1.82) is 0 Å². The second kappa shape index (κ2) is 3.40. The fourth-order valence-electron chi connectivity index (χ4n) is 1.80. The lowest BCUT2D eigenvalue weighted by Gasteiger charge is -2.27.